The van der Waals surface area contributed by atoms with Crippen LogP contribution in [0.4, 0.5) is 5.69 Å². The Morgan fingerprint density at radius 2 is 1.47 bits per heavy atom. The van der Waals surface area contributed by atoms with Gasteiger partial charge in [0.1, 0.15) is 0 Å². The van der Waals surface area contributed by atoms with Gasteiger partial charge >= 0.3 is 0 Å². The molecule has 1 aromatic rings. The van der Waals surface area contributed by atoms with E-state index in [1.54, 1.807) is 0 Å². The fraction of sp³-hybridized carbons (Fsp3) is 0.400. The second-order valence-corrected chi connectivity index (χ2v) is 2.99. The van der Waals surface area contributed by atoms with Gasteiger partial charge < -0.3 is 4.90 Å². The summed E-state index contributed by atoms with van der Waals surface area (Å²) in [7, 11) is 0. The van der Waals surface area contributed by atoms with Crippen molar-refractivity contribution in [3.63, 3.8) is 0 Å². The molecule has 0 amide bonds. The maximum absolute atomic E-state index is 8.28. The molecule has 0 saturated heterocycles. The van der Waals surface area contributed by atoms with Gasteiger partial charge in [0.15, 0.2) is 0 Å². The Morgan fingerprint density at radius 3 is 1.93 bits per heavy atom. The molecule has 2 N–H and O–H groups in total. The first-order valence-electron chi connectivity index (χ1n) is 4.71. The average molecular weight is 213 g/mol. The van der Waals surface area contributed by atoms with E-state index in [0.717, 1.165) is 5.69 Å². The fourth-order valence-corrected chi connectivity index (χ4v) is 1.31. The Labute approximate surface area is 88.3 Å². The van der Waals surface area contributed by atoms with Crippen LogP contribution in [0.15, 0.2) is 30.3 Å². The average Bonchev–Trinajstić information content (AvgIpc) is 2.30. The van der Waals surface area contributed by atoms with E-state index in [9.17, 15) is 0 Å². The predicted octanol–water partition coefficient (Wildman–Crippen LogP) is 1.47. The molecule has 5 heteroatoms. The van der Waals surface area contributed by atoms with Crippen molar-refractivity contribution < 1.29 is 20.3 Å². The van der Waals surface area contributed by atoms with E-state index in [1.165, 1.54) is 0 Å². The van der Waals surface area contributed by atoms with Crippen LogP contribution in [0.5, 0.6) is 0 Å². The maximum atomic E-state index is 8.28. The number of hydrogen-bond acceptors (Lipinski definition) is 5. The van der Waals surface area contributed by atoms with E-state index >= 15 is 0 Å². The molecule has 0 aliphatic heterocycles. The standard InChI is InChI=1S/C10H15NO4/c12-14-8-6-11(7-9-15-13)10-4-2-1-3-5-10/h1-5,12-13H,6-9H2. The molecule has 0 bridgehead atoms. The lowest BCUT2D eigenvalue weighted by atomic mass is 10.3. The SMILES string of the molecule is OOCCN(CCOO)c1ccccc1. The van der Waals surface area contributed by atoms with Crippen LogP contribution < -0.4 is 4.90 Å². The minimum atomic E-state index is 0.209. The summed E-state index contributed by atoms with van der Waals surface area (Å²) in [5.74, 6) is 0. The van der Waals surface area contributed by atoms with Crippen LogP contribution in [0, 0.1) is 0 Å². The second-order valence-electron chi connectivity index (χ2n) is 2.99. The smallest absolute Gasteiger partial charge is 0.0994 e. The van der Waals surface area contributed by atoms with Crippen molar-refractivity contribution in [3.05, 3.63) is 30.3 Å². The normalized spacial score (nSPS) is 10.3. The summed E-state index contributed by atoms with van der Waals surface area (Å²) in [6, 6.07) is 9.64. The first-order valence-corrected chi connectivity index (χ1v) is 4.71. The molecular weight excluding hydrogens is 198 g/mol. The van der Waals surface area contributed by atoms with Gasteiger partial charge in [0.2, 0.25) is 0 Å². The summed E-state index contributed by atoms with van der Waals surface area (Å²) in [5.41, 5.74) is 0.992. The van der Waals surface area contributed by atoms with Gasteiger partial charge in [0.05, 0.1) is 13.2 Å². The monoisotopic (exact) mass is 213 g/mol. The molecule has 0 heterocycles. The van der Waals surface area contributed by atoms with Crippen LogP contribution >= 0.6 is 0 Å². The van der Waals surface area contributed by atoms with Gasteiger partial charge in [0.25, 0.3) is 0 Å². The number of benzene rings is 1. The van der Waals surface area contributed by atoms with Gasteiger partial charge in [-0.25, -0.2) is 9.78 Å². The minimum absolute atomic E-state index is 0.209. The van der Waals surface area contributed by atoms with E-state index in [2.05, 4.69) is 9.78 Å². The lowest BCUT2D eigenvalue weighted by Gasteiger charge is -2.23. The van der Waals surface area contributed by atoms with E-state index in [0.29, 0.717) is 13.1 Å². The Kier molecular flexibility index (Phi) is 5.72. The third-order valence-electron chi connectivity index (χ3n) is 2.03. The summed E-state index contributed by atoms with van der Waals surface area (Å²) in [4.78, 5) is 9.99. The molecule has 1 rings (SSSR count). The molecule has 0 saturated carbocycles. The summed E-state index contributed by atoms with van der Waals surface area (Å²) >= 11 is 0. The van der Waals surface area contributed by atoms with Crippen LogP contribution in [0.1, 0.15) is 0 Å². The first kappa shape index (κ1) is 11.9. The number of anilines is 1. The molecule has 0 spiro atoms. The first-order chi connectivity index (χ1) is 7.38. The highest BCUT2D eigenvalue weighted by molar-refractivity contribution is 5.45. The molecule has 0 aromatic heterocycles. The predicted molar refractivity (Wildman–Crippen MR) is 55.8 cm³/mol. The zero-order valence-corrected chi connectivity index (χ0v) is 8.37. The Morgan fingerprint density at radius 1 is 0.933 bits per heavy atom. The van der Waals surface area contributed by atoms with E-state index in [-0.39, 0.29) is 13.2 Å². The third-order valence-corrected chi connectivity index (χ3v) is 2.03. The van der Waals surface area contributed by atoms with Gasteiger partial charge in [-0.1, -0.05) is 18.2 Å². The van der Waals surface area contributed by atoms with Gasteiger partial charge in [-0.15, -0.1) is 0 Å². The molecule has 0 fully saturated rings. The van der Waals surface area contributed by atoms with Crippen molar-refractivity contribution in [2.24, 2.45) is 0 Å². The van der Waals surface area contributed by atoms with Crippen molar-refractivity contribution in [1.29, 1.82) is 0 Å². The Bertz CT molecular complexity index is 247. The number of rotatable bonds is 7. The number of para-hydroxylation sites is 1. The topological polar surface area (TPSA) is 62.2 Å². The summed E-state index contributed by atoms with van der Waals surface area (Å²) in [6.07, 6.45) is 0. The van der Waals surface area contributed by atoms with Crippen LogP contribution in [0.25, 0.3) is 0 Å². The van der Waals surface area contributed by atoms with E-state index < -0.39 is 0 Å². The molecule has 0 atom stereocenters. The van der Waals surface area contributed by atoms with Gasteiger partial charge in [-0.05, 0) is 12.1 Å². The summed E-state index contributed by atoms with van der Waals surface area (Å²) in [5, 5.41) is 16.6. The Balaban J connectivity index is 2.55. The van der Waals surface area contributed by atoms with Gasteiger partial charge in [-0.3, -0.25) is 10.5 Å². The third kappa shape index (κ3) is 4.26. The molecule has 1 aromatic carbocycles. The zero-order chi connectivity index (χ0) is 10.9. The second kappa shape index (κ2) is 7.19. The molecule has 0 unspecified atom stereocenters. The largest absolute Gasteiger partial charge is 0.367 e. The maximum Gasteiger partial charge on any atom is 0.0994 e. The summed E-state index contributed by atoms with van der Waals surface area (Å²) < 4.78 is 0. The number of nitrogens with zero attached hydrogens (tertiary/aromatic N) is 1. The van der Waals surface area contributed by atoms with E-state index in [4.69, 9.17) is 10.5 Å². The highest BCUT2D eigenvalue weighted by atomic mass is 17.1. The minimum Gasteiger partial charge on any atom is -0.367 e. The van der Waals surface area contributed by atoms with Crippen LogP contribution in [0.2, 0.25) is 0 Å². The van der Waals surface area contributed by atoms with Crippen molar-refractivity contribution in [1.82, 2.24) is 0 Å². The molecule has 0 aliphatic rings. The van der Waals surface area contributed by atoms with Crippen molar-refractivity contribution in [2.45, 2.75) is 0 Å². The molecule has 15 heavy (non-hydrogen) atoms. The fourth-order valence-electron chi connectivity index (χ4n) is 1.31. The van der Waals surface area contributed by atoms with Gasteiger partial charge in [0, 0.05) is 18.8 Å². The van der Waals surface area contributed by atoms with Crippen molar-refractivity contribution in [2.75, 3.05) is 31.2 Å². The Hall–Kier alpha value is -1.14. The molecule has 0 aliphatic carbocycles. The quantitative estimate of drug-likeness (QED) is 0.530. The molecule has 84 valence electrons. The lowest BCUT2D eigenvalue weighted by molar-refractivity contribution is -0.243. The van der Waals surface area contributed by atoms with Crippen LogP contribution in [-0.2, 0) is 9.78 Å². The number of hydrogen-bond donors (Lipinski definition) is 2. The van der Waals surface area contributed by atoms with Gasteiger partial charge in [-0.2, -0.15) is 0 Å². The van der Waals surface area contributed by atoms with Crippen molar-refractivity contribution in [3.8, 4) is 0 Å². The van der Waals surface area contributed by atoms with Crippen LogP contribution in [-0.4, -0.2) is 36.8 Å². The molecule has 5 nitrogen and oxygen atoms in total. The summed E-state index contributed by atoms with van der Waals surface area (Å²) in [6.45, 7) is 1.48. The zero-order valence-electron chi connectivity index (χ0n) is 8.37. The lowest BCUT2D eigenvalue weighted by Crippen LogP contribution is -2.30. The van der Waals surface area contributed by atoms with Crippen molar-refractivity contribution >= 4 is 5.69 Å². The highest BCUT2D eigenvalue weighted by Crippen LogP contribution is 2.12. The highest BCUT2D eigenvalue weighted by Gasteiger charge is 2.05. The molecule has 0 radical (unpaired) electrons. The van der Waals surface area contributed by atoms with Crippen LogP contribution in [0.3, 0.4) is 0 Å². The van der Waals surface area contributed by atoms with E-state index in [1.807, 2.05) is 35.2 Å². The molecular formula is C10H15NO4.